The van der Waals surface area contributed by atoms with Crippen LogP contribution in [0.3, 0.4) is 0 Å². The van der Waals surface area contributed by atoms with E-state index in [1.165, 1.54) is 90.0 Å². The van der Waals surface area contributed by atoms with Crippen LogP contribution in [0.15, 0.2) is 0 Å². The van der Waals surface area contributed by atoms with Gasteiger partial charge in [-0.2, -0.15) is 0 Å². The molecule has 1 N–H and O–H groups in total. The Bertz CT molecular complexity index is 768. The van der Waals surface area contributed by atoms with Crippen molar-refractivity contribution in [3.63, 3.8) is 0 Å². The second-order valence-corrected chi connectivity index (χ2v) is 21.3. The van der Waals surface area contributed by atoms with Gasteiger partial charge in [-0.1, -0.05) is 41.5 Å². The van der Waals surface area contributed by atoms with E-state index in [-0.39, 0.29) is 0 Å². The lowest BCUT2D eigenvalue weighted by Gasteiger charge is -2.61. The first kappa shape index (κ1) is 27.7. The van der Waals surface area contributed by atoms with Crippen LogP contribution >= 0.6 is 0 Å². The van der Waals surface area contributed by atoms with Gasteiger partial charge in [-0.25, -0.2) is 0 Å². The Hall–Kier alpha value is 0.137. The van der Waals surface area contributed by atoms with Crippen molar-refractivity contribution in [2.45, 2.75) is 155 Å². The van der Waals surface area contributed by atoms with Crippen molar-refractivity contribution < 1.29 is 4.43 Å². The van der Waals surface area contributed by atoms with E-state index in [0.717, 1.165) is 41.5 Å². The maximum atomic E-state index is 6.99. The third-order valence-corrected chi connectivity index (χ3v) is 18.3. The molecule has 0 bridgehead atoms. The van der Waals surface area contributed by atoms with Crippen LogP contribution in [0, 0.1) is 46.3 Å². The number of nitrogens with one attached hydrogen (secondary N) is 1. The van der Waals surface area contributed by atoms with Gasteiger partial charge in [0.15, 0.2) is 8.32 Å². The van der Waals surface area contributed by atoms with Crippen LogP contribution in [-0.2, 0) is 4.43 Å². The molecule has 1 heterocycles. The van der Waals surface area contributed by atoms with Crippen molar-refractivity contribution in [3.05, 3.63) is 0 Å². The Balaban J connectivity index is 1.23. The van der Waals surface area contributed by atoms with Crippen LogP contribution in [0.25, 0.3) is 0 Å². The summed E-state index contributed by atoms with van der Waals surface area (Å²) < 4.78 is 6.99. The fourth-order valence-electron chi connectivity index (χ4n) is 10.6. The summed E-state index contributed by atoms with van der Waals surface area (Å²) >= 11 is 0. The van der Waals surface area contributed by atoms with Crippen molar-refractivity contribution in [1.29, 1.82) is 0 Å². The Labute approximate surface area is 226 Å². The van der Waals surface area contributed by atoms with Crippen molar-refractivity contribution in [2.75, 3.05) is 6.54 Å². The monoisotopic (exact) mass is 515 g/mol. The molecule has 5 rings (SSSR count). The molecule has 5 fully saturated rings. The van der Waals surface area contributed by atoms with Gasteiger partial charge in [-0.3, -0.25) is 0 Å². The maximum Gasteiger partial charge on any atom is 0.192 e. The Morgan fingerprint density at radius 3 is 2.33 bits per heavy atom. The molecule has 4 aliphatic carbocycles. The maximum absolute atomic E-state index is 6.99. The molecule has 1 aliphatic heterocycles. The number of fused-ring (bicyclic) bond motifs is 5. The molecule has 5 aliphatic rings. The molecule has 208 valence electrons. The first-order valence-electron chi connectivity index (χ1n) is 16.3. The van der Waals surface area contributed by atoms with E-state index in [4.69, 9.17) is 4.43 Å². The zero-order chi connectivity index (χ0) is 25.9. The zero-order valence-corrected chi connectivity index (χ0v) is 26.4. The second-order valence-electron chi connectivity index (χ2n) is 16.5. The number of hydrogen-bond donors (Lipinski definition) is 1. The molecule has 36 heavy (non-hydrogen) atoms. The van der Waals surface area contributed by atoms with Gasteiger partial charge in [0.2, 0.25) is 0 Å². The molecule has 4 saturated carbocycles. The van der Waals surface area contributed by atoms with Crippen molar-refractivity contribution in [2.24, 2.45) is 46.3 Å². The van der Waals surface area contributed by atoms with E-state index in [1.807, 2.05) is 0 Å². The van der Waals surface area contributed by atoms with Crippen LogP contribution in [0.1, 0.15) is 125 Å². The van der Waals surface area contributed by atoms with Crippen molar-refractivity contribution in [3.8, 4) is 0 Å². The van der Waals surface area contributed by atoms with Crippen LogP contribution in [0.5, 0.6) is 0 Å². The van der Waals surface area contributed by atoms with Crippen LogP contribution in [-0.4, -0.2) is 27.0 Å². The fourth-order valence-corrected chi connectivity index (χ4v) is 12.0. The highest BCUT2D eigenvalue weighted by Crippen LogP contribution is 2.68. The summed E-state index contributed by atoms with van der Waals surface area (Å²) in [5.41, 5.74) is 1.20. The van der Waals surface area contributed by atoms with E-state index in [1.54, 1.807) is 0 Å². The molecule has 0 amide bonds. The van der Waals surface area contributed by atoms with E-state index < -0.39 is 8.32 Å². The minimum atomic E-state index is -1.67. The molecule has 0 aromatic rings. The smallest absolute Gasteiger partial charge is 0.192 e. The largest absolute Gasteiger partial charge is 0.414 e. The van der Waals surface area contributed by atoms with Gasteiger partial charge in [-0.15, -0.1) is 0 Å². The summed E-state index contributed by atoms with van der Waals surface area (Å²) in [6.07, 6.45) is 19.4. The molecule has 1 saturated heterocycles. The van der Waals surface area contributed by atoms with E-state index in [0.29, 0.717) is 22.0 Å². The Morgan fingerprint density at radius 2 is 1.64 bits per heavy atom. The second kappa shape index (κ2) is 9.95. The molecule has 0 unspecified atom stereocenters. The Morgan fingerprint density at radius 1 is 0.917 bits per heavy atom. The number of rotatable bonds is 6. The van der Waals surface area contributed by atoms with Gasteiger partial charge >= 0.3 is 0 Å². The van der Waals surface area contributed by atoms with E-state index in [9.17, 15) is 0 Å². The third-order valence-electron chi connectivity index (χ3n) is 13.8. The zero-order valence-electron chi connectivity index (χ0n) is 25.4. The van der Waals surface area contributed by atoms with E-state index >= 15 is 0 Å². The summed E-state index contributed by atoms with van der Waals surface area (Å²) in [5.74, 6) is 5.79. The quantitative estimate of drug-likeness (QED) is 0.356. The summed E-state index contributed by atoms with van der Waals surface area (Å²) in [4.78, 5) is 0. The van der Waals surface area contributed by atoms with Crippen LogP contribution in [0.2, 0.25) is 18.1 Å². The topological polar surface area (TPSA) is 21.3 Å². The normalized spacial score (nSPS) is 46.2. The average Bonchev–Trinajstić information content (AvgIpc) is 3.44. The summed E-state index contributed by atoms with van der Waals surface area (Å²) in [6, 6.07) is 0.819. The predicted octanol–water partition coefficient (Wildman–Crippen LogP) is 9.20. The summed E-state index contributed by atoms with van der Waals surface area (Å²) in [7, 11) is -1.67. The highest BCUT2D eigenvalue weighted by Gasteiger charge is 2.60. The predicted molar refractivity (Wildman–Crippen MR) is 157 cm³/mol. The van der Waals surface area contributed by atoms with Gasteiger partial charge in [0.25, 0.3) is 0 Å². The summed E-state index contributed by atoms with van der Waals surface area (Å²) in [6.45, 7) is 21.5. The third kappa shape index (κ3) is 4.83. The SMILES string of the molecule is C[C@H](CC[C@@H]1CCCN1)[C@H]1CC[C@H]2[C@@H]3CC[C@@H]4C[C@H](O[Si](C)(C)C(C)(C)C)CC[C@]4(C)[C@H]3CC[C@]12C. The molecule has 0 spiro atoms. The lowest BCUT2D eigenvalue weighted by Crippen LogP contribution is -2.55. The first-order valence-corrected chi connectivity index (χ1v) is 19.2. The highest BCUT2D eigenvalue weighted by molar-refractivity contribution is 6.74. The molecule has 0 aromatic heterocycles. The lowest BCUT2D eigenvalue weighted by molar-refractivity contribution is -0.127. The van der Waals surface area contributed by atoms with Crippen molar-refractivity contribution >= 4 is 8.32 Å². The molecule has 10 atom stereocenters. The van der Waals surface area contributed by atoms with Gasteiger partial charge in [-0.05, 0) is 154 Å². The molecule has 2 nitrogen and oxygen atoms in total. The fraction of sp³-hybridized carbons (Fsp3) is 1.00. The van der Waals surface area contributed by atoms with E-state index in [2.05, 4.69) is 60.0 Å². The van der Waals surface area contributed by atoms with Gasteiger partial charge in [0.05, 0.1) is 0 Å². The van der Waals surface area contributed by atoms with Gasteiger partial charge < -0.3 is 9.74 Å². The van der Waals surface area contributed by atoms with Gasteiger partial charge in [0, 0.05) is 12.1 Å². The van der Waals surface area contributed by atoms with Crippen molar-refractivity contribution in [1.82, 2.24) is 5.32 Å². The molecular weight excluding hydrogens is 454 g/mol. The van der Waals surface area contributed by atoms with Crippen LogP contribution < -0.4 is 5.32 Å². The molecule has 0 aromatic carbocycles. The van der Waals surface area contributed by atoms with Gasteiger partial charge in [0.1, 0.15) is 0 Å². The first-order chi connectivity index (χ1) is 16.8. The standard InChI is InChI=1S/C33H61NOSi/c1-23(11-13-25-10-9-21-34-25)28-15-16-29-27-14-12-24-22-26(35-36(7,8)31(2,3)4)17-19-32(24,5)30(27)18-20-33(28,29)6/h23-30,34H,9-22H2,1-8H3/t23-,24-,25+,26-,27+,28-,29+,30+,32+,33-/m1/s1. The number of hydrogen-bond acceptors (Lipinski definition) is 2. The summed E-state index contributed by atoms with van der Waals surface area (Å²) in [5, 5.41) is 4.07. The molecule has 0 radical (unpaired) electrons. The minimum Gasteiger partial charge on any atom is -0.414 e. The Kier molecular flexibility index (Phi) is 7.66. The molecule has 3 heteroatoms. The highest BCUT2D eigenvalue weighted by atomic mass is 28.4. The average molecular weight is 516 g/mol. The molecular formula is C33H61NOSi. The lowest BCUT2D eigenvalue weighted by atomic mass is 9.44. The van der Waals surface area contributed by atoms with Crippen LogP contribution in [0.4, 0.5) is 0 Å². The minimum absolute atomic E-state index is 0.322.